The topological polar surface area (TPSA) is 61.6 Å². The molecule has 2 aromatic rings. The minimum absolute atomic E-state index is 0.137. The van der Waals surface area contributed by atoms with Crippen LogP contribution in [0.3, 0.4) is 0 Å². The van der Waals surface area contributed by atoms with Gasteiger partial charge in [-0.25, -0.2) is 0 Å². The third-order valence-corrected chi connectivity index (χ3v) is 3.72. The molecule has 0 radical (unpaired) electrons. The molecule has 0 spiro atoms. The van der Waals surface area contributed by atoms with E-state index in [1.165, 1.54) is 7.11 Å². The number of nitrogens with zero attached hydrogens (tertiary/aromatic N) is 1. The van der Waals surface area contributed by atoms with Crippen LogP contribution in [0.25, 0.3) is 11.3 Å². The second-order valence-corrected chi connectivity index (χ2v) is 5.37. The molecule has 5 heteroatoms. The fourth-order valence-electron chi connectivity index (χ4n) is 2.44. The number of hydrogen-bond acceptors (Lipinski definition) is 5. The largest absolute Gasteiger partial charge is 0.496 e. The van der Waals surface area contributed by atoms with Gasteiger partial charge in [-0.3, -0.25) is 4.79 Å². The lowest BCUT2D eigenvalue weighted by atomic mass is 10.1. The molecular formula is C18H23NO4. The Morgan fingerprint density at radius 2 is 1.91 bits per heavy atom. The van der Waals surface area contributed by atoms with Crippen molar-refractivity contribution in [2.75, 3.05) is 14.2 Å². The first-order valence-electron chi connectivity index (χ1n) is 7.90. The van der Waals surface area contributed by atoms with Gasteiger partial charge in [0.1, 0.15) is 17.2 Å². The van der Waals surface area contributed by atoms with Crippen molar-refractivity contribution >= 4 is 5.97 Å². The van der Waals surface area contributed by atoms with Crippen molar-refractivity contribution in [3.63, 3.8) is 0 Å². The first-order valence-corrected chi connectivity index (χ1v) is 7.90. The Morgan fingerprint density at radius 3 is 2.70 bits per heavy atom. The van der Waals surface area contributed by atoms with E-state index in [9.17, 15) is 4.79 Å². The van der Waals surface area contributed by atoms with Crippen LogP contribution in [0.15, 0.2) is 34.9 Å². The maximum Gasteiger partial charge on any atom is 0.305 e. The number of benzene rings is 1. The van der Waals surface area contributed by atoms with Crippen molar-refractivity contribution in [2.24, 2.45) is 0 Å². The summed E-state index contributed by atoms with van der Waals surface area (Å²) in [6.07, 6.45) is 5.30. The maximum atomic E-state index is 11.0. The number of unbranched alkanes of at least 4 members (excludes halogenated alkanes) is 3. The predicted molar refractivity (Wildman–Crippen MR) is 87.3 cm³/mol. The Kier molecular flexibility index (Phi) is 6.66. The molecule has 0 saturated carbocycles. The maximum absolute atomic E-state index is 11.0. The van der Waals surface area contributed by atoms with E-state index in [-0.39, 0.29) is 5.97 Å². The molecule has 0 aliphatic carbocycles. The molecule has 124 valence electrons. The number of carbonyl (C=O) groups is 1. The SMILES string of the molecule is COC(=O)CCCCCCc1cc(-c2ccccc2OC)no1. The molecule has 23 heavy (non-hydrogen) atoms. The second kappa shape index (κ2) is 8.98. The van der Waals surface area contributed by atoms with Gasteiger partial charge in [-0.2, -0.15) is 0 Å². The number of rotatable bonds is 9. The van der Waals surface area contributed by atoms with Crippen LogP contribution >= 0.6 is 0 Å². The molecule has 0 unspecified atom stereocenters. The summed E-state index contributed by atoms with van der Waals surface area (Å²) in [7, 11) is 3.07. The Morgan fingerprint density at radius 1 is 1.13 bits per heavy atom. The summed E-state index contributed by atoms with van der Waals surface area (Å²) in [5.74, 6) is 1.52. The smallest absolute Gasteiger partial charge is 0.305 e. The zero-order valence-electron chi connectivity index (χ0n) is 13.7. The second-order valence-electron chi connectivity index (χ2n) is 5.37. The van der Waals surface area contributed by atoms with E-state index in [4.69, 9.17) is 9.26 Å². The van der Waals surface area contributed by atoms with E-state index < -0.39 is 0 Å². The van der Waals surface area contributed by atoms with Gasteiger partial charge in [0, 0.05) is 24.5 Å². The zero-order chi connectivity index (χ0) is 16.5. The third-order valence-electron chi connectivity index (χ3n) is 3.72. The van der Waals surface area contributed by atoms with Crippen molar-refractivity contribution in [3.05, 3.63) is 36.1 Å². The van der Waals surface area contributed by atoms with E-state index in [1.54, 1.807) is 7.11 Å². The summed E-state index contributed by atoms with van der Waals surface area (Å²) in [6.45, 7) is 0. The minimum Gasteiger partial charge on any atom is -0.496 e. The standard InChI is InChI=1S/C18H23NO4/c1-21-17-11-8-7-10-15(17)16-13-14(23-19-16)9-5-3-4-6-12-18(20)22-2/h7-8,10-11,13H,3-6,9,12H2,1-2H3. The summed E-state index contributed by atoms with van der Waals surface area (Å²) in [5, 5.41) is 4.13. The first-order chi connectivity index (χ1) is 11.2. The van der Waals surface area contributed by atoms with E-state index in [2.05, 4.69) is 9.89 Å². The molecule has 0 atom stereocenters. The molecule has 1 aromatic carbocycles. The number of esters is 1. The van der Waals surface area contributed by atoms with Gasteiger partial charge >= 0.3 is 5.97 Å². The molecule has 2 rings (SSSR count). The summed E-state index contributed by atoms with van der Waals surface area (Å²) in [6, 6.07) is 9.72. The lowest BCUT2D eigenvalue weighted by Crippen LogP contribution is -1.99. The van der Waals surface area contributed by atoms with Gasteiger partial charge in [0.2, 0.25) is 0 Å². The van der Waals surface area contributed by atoms with Gasteiger partial charge in [0.15, 0.2) is 0 Å². The lowest BCUT2D eigenvalue weighted by Gasteiger charge is -2.03. The average Bonchev–Trinajstić information content (AvgIpc) is 3.06. The molecule has 0 amide bonds. The molecule has 0 saturated heterocycles. The Balaban J connectivity index is 1.78. The number of carbonyl (C=O) groups excluding carboxylic acids is 1. The van der Waals surface area contributed by atoms with Crippen LogP contribution in [0.2, 0.25) is 0 Å². The fourth-order valence-corrected chi connectivity index (χ4v) is 2.44. The lowest BCUT2D eigenvalue weighted by molar-refractivity contribution is -0.140. The van der Waals surface area contributed by atoms with Gasteiger partial charge in [-0.05, 0) is 25.0 Å². The molecule has 1 aromatic heterocycles. The third kappa shape index (κ3) is 5.13. The summed E-state index contributed by atoms with van der Waals surface area (Å²) < 4.78 is 15.4. The molecule has 0 fully saturated rings. The van der Waals surface area contributed by atoms with Crippen molar-refractivity contribution in [2.45, 2.75) is 38.5 Å². The average molecular weight is 317 g/mol. The van der Waals surface area contributed by atoms with E-state index in [0.717, 1.165) is 54.9 Å². The number of hydrogen-bond donors (Lipinski definition) is 0. The highest BCUT2D eigenvalue weighted by Crippen LogP contribution is 2.29. The molecule has 5 nitrogen and oxygen atoms in total. The van der Waals surface area contributed by atoms with Crippen molar-refractivity contribution in [1.29, 1.82) is 0 Å². The summed E-state index contributed by atoms with van der Waals surface area (Å²) >= 11 is 0. The zero-order valence-corrected chi connectivity index (χ0v) is 13.7. The Labute approximate surface area is 136 Å². The van der Waals surface area contributed by atoms with Crippen LogP contribution < -0.4 is 4.74 Å². The predicted octanol–water partition coefficient (Wildman–Crippen LogP) is 4.02. The first kappa shape index (κ1) is 17.1. The number of para-hydroxylation sites is 1. The molecule has 0 aliphatic heterocycles. The van der Waals surface area contributed by atoms with Crippen LogP contribution in [0.1, 0.15) is 37.9 Å². The van der Waals surface area contributed by atoms with Crippen LogP contribution in [-0.2, 0) is 16.0 Å². The van der Waals surface area contributed by atoms with E-state index in [0.29, 0.717) is 6.42 Å². The highest BCUT2D eigenvalue weighted by Gasteiger charge is 2.10. The van der Waals surface area contributed by atoms with E-state index >= 15 is 0 Å². The van der Waals surface area contributed by atoms with Crippen LogP contribution in [-0.4, -0.2) is 25.3 Å². The van der Waals surface area contributed by atoms with Gasteiger partial charge in [0.25, 0.3) is 0 Å². The van der Waals surface area contributed by atoms with Crippen molar-refractivity contribution < 1.29 is 18.8 Å². The van der Waals surface area contributed by atoms with Crippen LogP contribution in [0.5, 0.6) is 5.75 Å². The van der Waals surface area contributed by atoms with E-state index in [1.807, 2.05) is 30.3 Å². The number of aromatic nitrogens is 1. The van der Waals surface area contributed by atoms with Crippen LogP contribution in [0, 0.1) is 0 Å². The normalized spacial score (nSPS) is 10.5. The van der Waals surface area contributed by atoms with Crippen LogP contribution in [0.4, 0.5) is 0 Å². The number of methoxy groups -OCH3 is 2. The quantitative estimate of drug-likeness (QED) is 0.516. The van der Waals surface area contributed by atoms with Gasteiger partial charge in [0.05, 0.1) is 14.2 Å². The Bertz CT molecular complexity index is 621. The monoisotopic (exact) mass is 317 g/mol. The number of ether oxygens (including phenoxy) is 2. The van der Waals surface area contributed by atoms with Crippen molar-refractivity contribution in [1.82, 2.24) is 5.16 Å². The fraction of sp³-hybridized carbons (Fsp3) is 0.444. The molecule has 0 N–H and O–H groups in total. The van der Waals surface area contributed by atoms with Crippen molar-refractivity contribution in [3.8, 4) is 17.0 Å². The van der Waals surface area contributed by atoms with Gasteiger partial charge in [-0.15, -0.1) is 0 Å². The molecular weight excluding hydrogens is 294 g/mol. The Hall–Kier alpha value is -2.30. The molecule has 0 bridgehead atoms. The number of aryl methyl sites for hydroxylation is 1. The highest BCUT2D eigenvalue weighted by molar-refractivity contribution is 5.69. The molecule has 0 aliphatic rings. The van der Waals surface area contributed by atoms with Gasteiger partial charge < -0.3 is 14.0 Å². The summed E-state index contributed by atoms with van der Waals surface area (Å²) in [5.41, 5.74) is 1.73. The minimum atomic E-state index is -0.137. The van der Waals surface area contributed by atoms with Gasteiger partial charge in [-0.1, -0.05) is 30.1 Å². The molecule has 1 heterocycles. The highest BCUT2D eigenvalue weighted by atomic mass is 16.5. The summed E-state index contributed by atoms with van der Waals surface area (Å²) in [4.78, 5) is 11.0.